The number of rotatable bonds is 4. The van der Waals surface area contributed by atoms with Crippen LogP contribution in [0.5, 0.6) is 0 Å². The second kappa shape index (κ2) is 5.13. The molecule has 0 spiro atoms. The molecule has 0 fully saturated rings. The maximum Gasteiger partial charge on any atom is 0.247 e. The summed E-state index contributed by atoms with van der Waals surface area (Å²) in [7, 11) is 0. The van der Waals surface area contributed by atoms with Gasteiger partial charge < -0.3 is 9.52 Å². The Kier molecular flexibility index (Phi) is 3.71. The molecule has 102 valence electrons. The molecule has 1 atom stereocenters. The second-order valence-corrected chi connectivity index (χ2v) is 5.56. The number of aliphatic hydroxyl groups excluding tert-OH is 1. The van der Waals surface area contributed by atoms with E-state index < -0.39 is 6.10 Å². The molecule has 2 aromatic rings. The van der Waals surface area contributed by atoms with Gasteiger partial charge in [-0.1, -0.05) is 38.5 Å². The standard InChI is InChI=1S/C15H20N2O2/c1-5-15(3,4)12(18)14-17-16-13(19-14)11-8-6-10(2)7-9-11/h6-9,12,18H,5H2,1-4H3/t12-/m0/s1. The van der Waals surface area contributed by atoms with E-state index in [2.05, 4.69) is 10.2 Å². The van der Waals surface area contributed by atoms with Gasteiger partial charge in [0.15, 0.2) is 0 Å². The molecule has 1 N–H and O–H groups in total. The van der Waals surface area contributed by atoms with Crippen LogP contribution in [0.3, 0.4) is 0 Å². The Labute approximate surface area is 113 Å². The van der Waals surface area contributed by atoms with Crippen LogP contribution in [0.25, 0.3) is 11.5 Å². The number of aliphatic hydroxyl groups is 1. The van der Waals surface area contributed by atoms with Gasteiger partial charge in [-0.3, -0.25) is 0 Å². The number of hydrogen-bond acceptors (Lipinski definition) is 4. The molecule has 4 nitrogen and oxygen atoms in total. The maximum atomic E-state index is 10.3. The van der Waals surface area contributed by atoms with Crippen LogP contribution in [0.2, 0.25) is 0 Å². The molecule has 2 rings (SSSR count). The van der Waals surface area contributed by atoms with E-state index in [1.807, 2.05) is 52.0 Å². The molecule has 0 aliphatic carbocycles. The predicted octanol–water partition coefficient (Wildman–Crippen LogP) is 3.51. The first-order chi connectivity index (χ1) is 8.94. The smallest absolute Gasteiger partial charge is 0.247 e. The van der Waals surface area contributed by atoms with Crippen molar-refractivity contribution >= 4 is 0 Å². The third-order valence-electron chi connectivity index (χ3n) is 3.62. The van der Waals surface area contributed by atoms with Crippen molar-refractivity contribution < 1.29 is 9.52 Å². The van der Waals surface area contributed by atoms with Gasteiger partial charge in [0.05, 0.1) is 0 Å². The van der Waals surface area contributed by atoms with Crippen molar-refractivity contribution in [2.24, 2.45) is 5.41 Å². The van der Waals surface area contributed by atoms with E-state index in [0.29, 0.717) is 5.89 Å². The first-order valence-electron chi connectivity index (χ1n) is 6.52. The topological polar surface area (TPSA) is 59.2 Å². The molecule has 1 aromatic heterocycles. The summed E-state index contributed by atoms with van der Waals surface area (Å²) in [6.07, 6.45) is 0.0837. The third kappa shape index (κ3) is 2.84. The fourth-order valence-electron chi connectivity index (χ4n) is 1.69. The molecule has 1 heterocycles. The van der Waals surface area contributed by atoms with Crippen LogP contribution < -0.4 is 0 Å². The monoisotopic (exact) mass is 260 g/mol. The minimum Gasteiger partial charge on any atom is -0.418 e. The first kappa shape index (κ1) is 13.7. The zero-order valence-corrected chi connectivity index (χ0v) is 11.8. The number of nitrogens with zero attached hydrogens (tertiary/aromatic N) is 2. The molecule has 0 aliphatic heterocycles. The molecule has 0 saturated carbocycles. The van der Waals surface area contributed by atoms with Crippen molar-refractivity contribution in [3.63, 3.8) is 0 Å². The first-order valence-corrected chi connectivity index (χ1v) is 6.52. The van der Waals surface area contributed by atoms with E-state index in [1.54, 1.807) is 0 Å². The molecule has 0 saturated heterocycles. The third-order valence-corrected chi connectivity index (χ3v) is 3.62. The summed E-state index contributed by atoms with van der Waals surface area (Å²) in [6.45, 7) is 8.01. The van der Waals surface area contributed by atoms with E-state index in [4.69, 9.17) is 4.42 Å². The Morgan fingerprint density at radius 3 is 2.42 bits per heavy atom. The molecule has 0 radical (unpaired) electrons. The fraction of sp³-hybridized carbons (Fsp3) is 0.467. The van der Waals surface area contributed by atoms with Gasteiger partial charge >= 0.3 is 0 Å². The zero-order chi connectivity index (χ0) is 14.0. The van der Waals surface area contributed by atoms with Crippen LogP contribution in [0, 0.1) is 12.3 Å². The Hall–Kier alpha value is -1.68. The summed E-state index contributed by atoms with van der Waals surface area (Å²) in [6, 6.07) is 7.85. The molecular weight excluding hydrogens is 240 g/mol. The van der Waals surface area contributed by atoms with E-state index >= 15 is 0 Å². The zero-order valence-electron chi connectivity index (χ0n) is 11.8. The molecule has 4 heteroatoms. The quantitative estimate of drug-likeness (QED) is 0.913. The number of hydrogen-bond donors (Lipinski definition) is 1. The van der Waals surface area contributed by atoms with Crippen molar-refractivity contribution in [1.29, 1.82) is 0 Å². The van der Waals surface area contributed by atoms with Crippen LogP contribution in [-0.4, -0.2) is 15.3 Å². The van der Waals surface area contributed by atoms with Gasteiger partial charge in [0.1, 0.15) is 6.10 Å². The van der Waals surface area contributed by atoms with Crippen LogP contribution in [0.1, 0.15) is 44.8 Å². The van der Waals surface area contributed by atoms with Crippen molar-refractivity contribution in [1.82, 2.24) is 10.2 Å². The lowest BCUT2D eigenvalue weighted by molar-refractivity contribution is 0.0246. The molecule has 0 aliphatic rings. The van der Waals surface area contributed by atoms with E-state index in [1.165, 1.54) is 5.56 Å². The average Bonchev–Trinajstić information content (AvgIpc) is 2.88. The molecule has 19 heavy (non-hydrogen) atoms. The number of aryl methyl sites for hydroxylation is 1. The maximum absolute atomic E-state index is 10.3. The Bertz CT molecular complexity index is 544. The number of aromatic nitrogens is 2. The van der Waals surface area contributed by atoms with Gasteiger partial charge in [-0.25, -0.2) is 0 Å². The van der Waals surface area contributed by atoms with Crippen molar-refractivity contribution in [3.05, 3.63) is 35.7 Å². The SMILES string of the molecule is CCC(C)(C)[C@@H](O)c1nnc(-c2ccc(C)cc2)o1. The van der Waals surface area contributed by atoms with Crippen molar-refractivity contribution in [2.45, 2.75) is 40.2 Å². The minimum absolute atomic E-state index is 0.280. The highest BCUT2D eigenvalue weighted by atomic mass is 16.4. The van der Waals surface area contributed by atoms with Crippen molar-refractivity contribution in [2.75, 3.05) is 0 Å². The summed E-state index contributed by atoms with van der Waals surface area (Å²) in [5.41, 5.74) is 1.76. The van der Waals surface area contributed by atoms with E-state index in [0.717, 1.165) is 12.0 Å². The van der Waals surface area contributed by atoms with Crippen LogP contribution in [0.15, 0.2) is 28.7 Å². The Morgan fingerprint density at radius 2 is 1.84 bits per heavy atom. The van der Waals surface area contributed by atoms with Crippen LogP contribution in [0.4, 0.5) is 0 Å². The lowest BCUT2D eigenvalue weighted by Gasteiger charge is -2.26. The molecule has 1 aromatic carbocycles. The highest BCUT2D eigenvalue weighted by molar-refractivity contribution is 5.52. The van der Waals surface area contributed by atoms with Gasteiger partial charge in [0.25, 0.3) is 0 Å². The Morgan fingerprint density at radius 1 is 1.21 bits per heavy atom. The van der Waals surface area contributed by atoms with Crippen molar-refractivity contribution in [3.8, 4) is 11.5 Å². The van der Waals surface area contributed by atoms with E-state index in [-0.39, 0.29) is 11.3 Å². The summed E-state index contributed by atoms with van der Waals surface area (Å²) >= 11 is 0. The predicted molar refractivity (Wildman–Crippen MR) is 73.5 cm³/mol. The van der Waals surface area contributed by atoms with Crippen LogP contribution in [-0.2, 0) is 0 Å². The molecular formula is C15H20N2O2. The Balaban J connectivity index is 2.26. The van der Waals surface area contributed by atoms with Gasteiger partial charge in [0.2, 0.25) is 11.8 Å². The summed E-state index contributed by atoms with van der Waals surface area (Å²) in [4.78, 5) is 0. The highest BCUT2D eigenvalue weighted by Gasteiger charge is 2.31. The van der Waals surface area contributed by atoms with Gasteiger partial charge in [-0.15, -0.1) is 10.2 Å². The largest absolute Gasteiger partial charge is 0.418 e. The normalized spacial score (nSPS) is 13.5. The summed E-state index contributed by atoms with van der Waals surface area (Å²) in [5.74, 6) is 0.725. The average molecular weight is 260 g/mol. The lowest BCUT2D eigenvalue weighted by Crippen LogP contribution is -2.21. The molecule has 0 unspecified atom stereocenters. The second-order valence-electron chi connectivity index (χ2n) is 5.56. The summed E-state index contributed by atoms with van der Waals surface area (Å²) < 4.78 is 5.59. The molecule has 0 amide bonds. The highest BCUT2D eigenvalue weighted by Crippen LogP contribution is 2.36. The minimum atomic E-state index is -0.746. The van der Waals surface area contributed by atoms with Gasteiger partial charge in [-0.2, -0.15) is 0 Å². The fourth-order valence-corrected chi connectivity index (χ4v) is 1.69. The van der Waals surface area contributed by atoms with Gasteiger partial charge in [-0.05, 0) is 30.9 Å². The summed E-state index contributed by atoms with van der Waals surface area (Å²) in [5, 5.41) is 18.2. The lowest BCUT2D eigenvalue weighted by atomic mass is 9.84. The molecule has 0 bridgehead atoms. The van der Waals surface area contributed by atoms with Gasteiger partial charge in [0, 0.05) is 5.56 Å². The van der Waals surface area contributed by atoms with Crippen LogP contribution >= 0.6 is 0 Å². The van der Waals surface area contributed by atoms with E-state index in [9.17, 15) is 5.11 Å². The number of benzene rings is 1.